The van der Waals surface area contributed by atoms with Gasteiger partial charge in [-0.05, 0) is 48.0 Å². The lowest BCUT2D eigenvalue weighted by atomic mass is 10.0. The van der Waals surface area contributed by atoms with E-state index in [1.54, 1.807) is 12.1 Å². The van der Waals surface area contributed by atoms with E-state index < -0.39 is 10.0 Å². The fourth-order valence-electron chi connectivity index (χ4n) is 4.13. The van der Waals surface area contributed by atoms with Gasteiger partial charge in [0.05, 0.1) is 25.0 Å². The zero-order valence-electron chi connectivity index (χ0n) is 18.3. The van der Waals surface area contributed by atoms with Crippen molar-refractivity contribution in [1.82, 2.24) is 4.98 Å². The van der Waals surface area contributed by atoms with Crippen molar-refractivity contribution in [3.63, 3.8) is 0 Å². The highest BCUT2D eigenvalue weighted by atomic mass is 32.2. The molecular weight excluding hydrogens is 436 g/mol. The number of hydrogen-bond acceptors (Lipinski definition) is 5. The Balaban J connectivity index is 1.36. The van der Waals surface area contributed by atoms with Crippen LogP contribution >= 0.6 is 0 Å². The molecule has 0 amide bonds. The van der Waals surface area contributed by atoms with Crippen LogP contribution in [-0.4, -0.2) is 46.0 Å². The number of fused-ring (bicyclic) bond motifs is 1. The number of nitrogens with one attached hydrogen (secondary N) is 3. The molecule has 1 aliphatic heterocycles. The molecule has 0 aliphatic carbocycles. The van der Waals surface area contributed by atoms with Crippen LogP contribution < -0.4 is 14.9 Å². The van der Waals surface area contributed by atoms with Gasteiger partial charge in [0.1, 0.15) is 5.82 Å². The summed E-state index contributed by atoms with van der Waals surface area (Å²) in [7, 11) is -3.30. The number of rotatable bonds is 6. The Kier molecular flexibility index (Phi) is 5.70. The van der Waals surface area contributed by atoms with Gasteiger partial charge in [-0.3, -0.25) is 4.72 Å². The second kappa shape index (κ2) is 8.80. The molecule has 0 saturated carbocycles. The van der Waals surface area contributed by atoms with Gasteiger partial charge in [-0.25, -0.2) is 8.42 Å². The predicted octanol–water partition coefficient (Wildman–Crippen LogP) is 4.79. The zero-order valence-corrected chi connectivity index (χ0v) is 19.2. The molecule has 5 rings (SSSR count). The van der Waals surface area contributed by atoms with Gasteiger partial charge in [-0.1, -0.05) is 30.3 Å². The van der Waals surface area contributed by atoms with E-state index in [0.717, 1.165) is 66.1 Å². The molecule has 8 heteroatoms. The SMILES string of the molecule is CS(=O)(=O)Nc1ccc(-c2cccc3cc(Nc4ccc(N5CCOCC5)cc4)[nH]c23)cc1. The van der Waals surface area contributed by atoms with Crippen LogP contribution in [0.4, 0.5) is 22.9 Å². The summed E-state index contributed by atoms with van der Waals surface area (Å²) in [5.41, 5.74) is 5.83. The van der Waals surface area contributed by atoms with Crippen molar-refractivity contribution < 1.29 is 13.2 Å². The van der Waals surface area contributed by atoms with Crippen molar-refractivity contribution in [2.45, 2.75) is 0 Å². The summed E-state index contributed by atoms with van der Waals surface area (Å²) in [6.07, 6.45) is 1.14. The standard InChI is InChI=1S/C25H26N4O3S/c1-33(30,31)28-21-7-5-18(6-8-21)23-4-2-3-19-17-24(27-25(19)23)26-20-9-11-22(12-10-20)29-13-15-32-16-14-29/h2-12,17,26-28H,13-16H2,1H3. The van der Waals surface area contributed by atoms with E-state index in [1.165, 1.54) is 5.69 Å². The summed E-state index contributed by atoms with van der Waals surface area (Å²) in [5.74, 6) is 0.909. The number of ether oxygens (including phenoxy) is 1. The van der Waals surface area contributed by atoms with Crippen molar-refractivity contribution in [3.8, 4) is 11.1 Å². The number of aromatic nitrogens is 1. The van der Waals surface area contributed by atoms with Gasteiger partial charge in [0, 0.05) is 41.1 Å². The zero-order chi connectivity index (χ0) is 22.8. The number of hydrogen-bond donors (Lipinski definition) is 3. The second-order valence-corrected chi connectivity index (χ2v) is 9.92. The summed E-state index contributed by atoms with van der Waals surface area (Å²) in [6, 6.07) is 24.1. The molecule has 0 radical (unpaired) electrons. The molecule has 0 spiro atoms. The summed E-state index contributed by atoms with van der Waals surface area (Å²) >= 11 is 0. The highest BCUT2D eigenvalue weighted by Crippen LogP contribution is 2.32. The van der Waals surface area contributed by atoms with Gasteiger partial charge in [0.15, 0.2) is 0 Å². The van der Waals surface area contributed by atoms with Crippen molar-refractivity contribution >= 4 is 43.8 Å². The third kappa shape index (κ3) is 4.97. The maximum atomic E-state index is 11.5. The number of H-pyrrole nitrogens is 1. The first-order valence-corrected chi connectivity index (χ1v) is 12.7. The minimum absolute atomic E-state index is 0.544. The monoisotopic (exact) mass is 462 g/mol. The lowest BCUT2D eigenvalue weighted by Gasteiger charge is -2.28. The molecule has 2 heterocycles. The van der Waals surface area contributed by atoms with E-state index in [2.05, 4.69) is 62.4 Å². The third-order valence-electron chi connectivity index (χ3n) is 5.68. The lowest BCUT2D eigenvalue weighted by molar-refractivity contribution is 0.122. The van der Waals surface area contributed by atoms with Crippen molar-refractivity contribution in [2.75, 3.05) is 47.5 Å². The maximum absolute atomic E-state index is 11.5. The van der Waals surface area contributed by atoms with E-state index >= 15 is 0 Å². The van der Waals surface area contributed by atoms with Crippen molar-refractivity contribution in [1.29, 1.82) is 0 Å². The number of para-hydroxylation sites is 1. The summed E-state index contributed by atoms with van der Waals surface area (Å²) in [4.78, 5) is 5.82. The Morgan fingerprint density at radius 1 is 0.909 bits per heavy atom. The summed E-state index contributed by atoms with van der Waals surface area (Å²) in [5, 5.41) is 4.56. The first kappa shape index (κ1) is 21.4. The molecule has 0 atom stereocenters. The maximum Gasteiger partial charge on any atom is 0.229 e. The second-order valence-electron chi connectivity index (χ2n) is 8.18. The van der Waals surface area contributed by atoms with Crippen molar-refractivity contribution in [2.24, 2.45) is 0 Å². The highest BCUT2D eigenvalue weighted by molar-refractivity contribution is 7.92. The molecular formula is C25H26N4O3S. The summed E-state index contributed by atoms with van der Waals surface area (Å²) in [6.45, 7) is 3.38. The van der Waals surface area contributed by atoms with Gasteiger partial charge in [-0.2, -0.15) is 0 Å². The predicted molar refractivity (Wildman–Crippen MR) is 135 cm³/mol. The van der Waals surface area contributed by atoms with Crippen LogP contribution in [0.5, 0.6) is 0 Å². The van der Waals surface area contributed by atoms with Crippen molar-refractivity contribution in [3.05, 3.63) is 72.8 Å². The van der Waals surface area contributed by atoms with E-state index in [-0.39, 0.29) is 0 Å². The van der Waals surface area contributed by atoms with E-state index in [1.807, 2.05) is 18.2 Å². The molecule has 170 valence electrons. The number of sulfonamides is 1. The van der Waals surface area contributed by atoms with Gasteiger partial charge in [0.2, 0.25) is 10.0 Å². The van der Waals surface area contributed by atoms with E-state index in [4.69, 9.17) is 4.74 Å². The molecule has 1 saturated heterocycles. The number of benzene rings is 3. The van der Waals surface area contributed by atoms with Crippen LogP contribution in [0.15, 0.2) is 72.8 Å². The quantitative estimate of drug-likeness (QED) is 0.384. The van der Waals surface area contributed by atoms with Gasteiger partial charge in [-0.15, -0.1) is 0 Å². The molecule has 3 aromatic carbocycles. The molecule has 7 nitrogen and oxygen atoms in total. The molecule has 1 fully saturated rings. The van der Waals surface area contributed by atoms with Crippen LogP contribution in [0.1, 0.15) is 0 Å². The third-order valence-corrected chi connectivity index (χ3v) is 6.28. The van der Waals surface area contributed by atoms with E-state index in [0.29, 0.717) is 5.69 Å². The Labute approximate surface area is 193 Å². The average molecular weight is 463 g/mol. The lowest BCUT2D eigenvalue weighted by Crippen LogP contribution is -2.36. The minimum atomic E-state index is -3.30. The van der Waals surface area contributed by atoms with Crippen LogP contribution in [0.3, 0.4) is 0 Å². The van der Waals surface area contributed by atoms with Crippen LogP contribution in [0.2, 0.25) is 0 Å². The Hall–Kier alpha value is -3.49. The average Bonchev–Trinajstić information content (AvgIpc) is 3.22. The molecule has 4 aromatic rings. The fourth-order valence-corrected chi connectivity index (χ4v) is 4.69. The number of aromatic amines is 1. The minimum Gasteiger partial charge on any atom is -0.378 e. The molecule has 1 aromatic heterocycles. The highest BCUT2D eigenvalue weighted by Gasteiger charge is 2.12. The number of anilines is 4. The first-order valence-electron chi connectivity index (χ1n) is 10.8. The van der Waals surface area contributed by atoms with Crippen LogP contribution in [-0.2, 0) is 14.8 Å². The molecule has 0 unspecified atom stereocenters. The Morgan fingerprint density at radius 2 is 1.61 bits per heavy atom. The molecule has 0 bridgehead atoms. The number of morpholine rings is 1. The van der Waals surface area contributed by atoms with Gasteiger partial charge in [0.25, 0.3) is 0 Å². The largest absolute Gasteiger partial charge is 0.378 e. The topological polar surface area (TPSA) is 86.5 Å². The molecule has 1 aliphatic rings. The first-order chi connectivity index (χ1) is 15.9. The van der Waals surface area contributed by atoms with Gasteiger partial charge < -0.3 is 19.9 Å². The van der Waals surface area contributed by atoms with Crippen LogP contribution in [0, 0.1) is 0 Å². The summed E-state index contributed by atoms with van der Waals surface area (Å²) < 4.78 is 30.8. The number of nitrogens with zero attached hydrogens (tertiary/aromatic N) is 1. The van der Waals surface area contributed by atoms with Gasteiger partial charge >= 0.3 is 0 Å². The Morgan fingerprint density at radius 3 is 2.30 bits per heavy atom. The fraction of sp³-hybridized carbons (Fsp3) is 0.200. The van der Waals surface area contributed by atoms with E-state index in [9.17, 15) is 8.42 Å². The van der Waals surface area contributed by atoms with Crippen LogP contribution in [0.25, 0.3) is 22.0 Å². The normalized spacial score (nSPS) is 14.4. The Bertz CT molecular complexity index is 1360. The smallest absolute Gasteiger partial charge is 0.229 e. The molecule has 3 N–H and O–H groups in total. The molecule has 33 heavy (non-hydrogen) atoms.